The maximum Gasteiger partial charge on any atom is 0.126 e. The van der Waals surface area contributed by atoms with E-state index in [0.717, 1.165) is 16.5 Å². The number of allylic oxidation sites excluding steroid dienone is 1. The minimum Gasteiger partial charge on any atom is -0.496 e. The molecule has 0 saturated heterocycles. The summed E-state index contributed by atoms with van der Waals surface area (Å²) in [4.78, 5) is 7.13. The number of ether oxygens (including phenoxy) is 1. The van der Waals surface area contributed by atoms with Gasteiger partial charge in [0.1, 0.15) is 5.75 Å². The van der Waals surface area contributed by atoms with Gasteiger partial charge in [0.15, 0.2) is 0 Å². The molecule has 0 spiro atoms. The summed E-state index contributed by atoms with van der Waals surface area (Å²) in [7, 11) is 1.55. The molecule has 5 nitrogen and oxygen atoms in total. The van der Waals surface area contributed by atoms with Gasteiger partial charge in [0, 0.05) is 28.2 Å². The number of methoxy groups -OCH3 is 1. The number of aliphatic imine (C=N–C) groups is 1. The number of nitrogens with one attached hydrogen (secondary N) is 1. The fraction of sp³-hybridized carbons (Fsp3) is 0.136. The monoisotopic (exact) mass is 386 g/mol. The van der Waals surface area contributed by atoms with E-state index in [2.05, 4.69) is 39.5 Å². The zero-order chi connectivity index (χ0) is 20.5. The summed E-state index contributed by atoms with van der Waals surface area (Å²) in [5.41, 5.74) is 3.86. The minimum absolute atomic E-state index is 0.438. The Bertz CT molecular complexity index is 1160. The highest BCUT2D eigenvalue weighted by Gasteiger charge is 2.11. The number of nitrogens with zero attached hydrogens (tertiary/aromatic N) is 3. The molecular formula is C22H18N4OS. The lowest BCUT2D eigenvalue weighted by Gasteiger charge is -2.06. The highest BCUT2D eigenvalue weighted by molar-refractivity contribution is 7.78. The van der Waals surface area contributed by atoms with Crippen LogP contribution in [0.1, 0.15) is 30.5 Å². The number of fused-ring (bicyclic) bond motifs is 1. The average molecular weight is 386 g/mol. The molecule has 1 aromatic heterocycles. The van der Waals surface area contributed by atoms with Crippen molar-refractivity contribution in [1.29, 1.82) is 10.5 Å². The number of hydrogen-bond donors (Lipinski definition) is 1. The highest BCUT2D eigenvalue weighted by atomic mass is 32.1. The number of benzene rings is 2. The second-order valence-electron chi connectivity index (χ2n) is 5.37. The summed E-state index contributed by atoms with van der Waals surface area (Å²) in [5.74, 6) is 0.586. The zero-order valence-corrected chi connectivity index (χ0v) is 16.6. The first-order valence-corrected chi connectivity index (χ1v) is 9.00. The first-order valence-electron chi connectivity index (χ1n) is 8.59. The molecular weight excluding hydrogens is 368 g/mol. The second-order valence-corrected chi connectivity index (χ2v) is 5.56. The van der Waals surface area contributed by atoms with Crippen LogP contribution in [0.2, 0.25) is 0 Å². The van der Waals surface area contributed by atoms with Crippen LogP contribution in [0.15, 0.2) is 47.6 Å². The molecule has 0 saturated carbocycles. The first kappa shape index (κ1) is 20.6. The Morgan fingerprint density at radius 1 is 1.18 bits per heavy atom. The van der Waals surface area contributed by atoms with Crippen molar-refractivity contribution in [3.63, 3.8) is 0 Å². The Morgan fingerprint density at radius 2 is 1.96 bits per heavy atom. The summed E-state index contributed by atoms with van der Waals surface area (Å²) in [5, 5.41) is 22.0. The molecule has 2 aromatic carbocycles. The number of thiocarbonyl (C=S) groups is 1. The predicted molar refractivity (Wildman–Crippen MR) is 116 cm³/mol. The van der Waals surface area contributed by atoms with Crippen LogP contribution < -0.4 is 4.74 Å². The first-order chi connectivity index (χ1) is 13.7. The third-order valence-corrected chi connectivity index (χ3v) is 4.00. The van der Waals surface area contributed by atoms with Crippen LogP contribution in [0.3, 0.4) is 0 Å². The van der Waals surface area contributed by atoms with Crippen LogP contribution in [0.5, 0.6) is 5.75 Å². The van der Waals surface area contributed by atoms with E-state index < -0.39 is 0 Å². The van der Waals surface area contributed by atoms with Gasteiger partial charge in [-0.25, -0.2) is 0 Å². The zero-order valence-electron chi connectivity index (χ0n) is 15.8. The third kappa shape index (κ3) is 4.34. The SMILES string of the molecule is CC.COc1ccc(C#N)cc1/C=C(\C#N)c1c[nH]c2ccc(N=C=S)cc12. The second kappa shape index (κ2) is 9.85. The molecule has 0 bridgehead atoms. The quantitative estimate of drug-likeness (QED) is 0.345. The molecule has 0 aliphatic heterocycles. The van der Waals surface area contributed by atoms with Crippen molar-refractivity contribution in [3.05, 3.63) is 59.3 Å². The fourth-order valence-electron chi connectivity index (χ4n) is 2.70. The van der Waals surface area contributed by atoms with Crippen LogP contribution in [-0.4, -0.2) is 17.3 Å². The van der Waals surface area contributed by atoms with Gasteiger partial charge in [-0.05, 0) is 54.7 Å². The maximum absolute atomic E-state index is 9.69. The lowest BCUT2D eigenvalue weighted by molar-refractivity contribution is 0.414. The van der Waals surface area contributed by atoms with Crippen LogP contribution in [0.25, 0.3) is 22.6 Å². The standard InChI is InChI=1S/C20H12N4OS.C2H6/c1-25-20-5-2-13(9-21)6-14(20)7-15(10-22)18-11-23-19-4-3-16(24-12-26)8-17(18)19;1-2/h2-8,11,23H,1H3;1-2H3/b15-7+;. The Hall–Kier alpha value is -3.70. The molecule has 6 heteroatoms. The summed E-state index contributed by atoms with van der Waals surface area (Å²) in [6.45, 7) is 4.00. The van der Waals surface area contributed by atoms with Crippen molar-refractivity contribution in [2.24, 2.45) is 4.99 Å². The molecule has 0 fully saturated rings. The van der Waals surface area contributed by atoms with E-state index in [4.69, 9.17) is 10.00 Å². The number of isothiocyanates is 1. The molecule has 3 aromatic rings. The van der Waals surface area contributed by atoms with Gasteiger partial charge in [0.05, 0.1) is 41.2 Å². The van der Waals surface area contributed by atoms with Gasteiger partial charge in [-0.1, -0.05) is 13.8 Å². The van der Waals surface area contributed by atoms with Crippen molar-refractivity contribution >= 4 is 45.6 Å². The largest absolute Gasteiger partial charge is 0.496 e. The van der Waals surface area contributed by atoms with Gasteiger partial charge in [-0.3, -0.25) is 0 Å². The average Bonchev–Trinajstić information content (AvgIpc) is 3.16. The number of nitriles is 2. The van der Waals surface area contributed by atoms with E-state index in [-0.39, 0.29) is 0 Å². The molecule has 138 valence electrons. The van der Waals surface area contributed by atoms with Crippen molar-refractivity contribution < 1.29 is 4.74 Å². The molecule has 1 heterocycles. The summed E-state index contributed by atoms with van der Waals surface area (Å²) in [6, 6.07) is 14.9. The van der Waals surface area contributed by atoms with E-state index in [0.29, 0.717) is 28.1 Å². The summed E-state index contributed by atoms with van der Waals surface area (Å²) in [6.07, 6.45) is 3.47. The molecule has 0 aliphatic rings. The van der Waals surface area contributed by atoms with Crippen LogP contribution >= 0.6 is 12.2 Å². The number of aromatic amines is 1. The van der Waals surface area contributed by atoms with Crippen LogP contribution in [0.4, 0.5) is 5.69 Å². The number of hydrogen-bond acceptors (Lipinski definition) is 5. The van der Waals surface area contributed by atoms with E-state index in [1.807, 2.05) is 32.0 Å². The normalized spacial score (nSPS) is 10.1. The maximum atomic E-state index is 9.69. The molecule has 0 radical (unpaired) electrons. The molecule has 0 aliphatic carbocycles. The number of rotatable bonds is 4. The third-order valence-electron chi connectivity index (χ3n) is 3.91. The van der Waals surface area contributed by atoms with Crippen molar-refractivity contribution in [3.8, 4) is 17.9 Å². The van der Waals surface area contributed by atoms with E-state index in [9.17, 15) is 5.26 Å². The molecule has 28 heavy (non-hydrogen) atoms. The summed E-state index contributed by atoms with van der Waals surface area (Å²) >= 11 is 4.65. The van der Waals surface area contributed by atoms with Crippen molar-refractivity contribution in [2.75, 3.05) is 7.11 Å². The van der Waals surface area contributed by atoms with Crippen molar-refractivity contribution in [2.45, 2.75) is 13.8 Å². The van der Waals surface area contributed by atoms with Crippen LogP contribution in [-0.2, 0) is 0 Å². The molecule has 0 atom stereocenters. The molecule has 0 unspecified atom stereocenters. The molecule has 1 N–H and O–H groups in total. The van der Waals surface area contributed by atoms with Gasteiger partial charge in [-0.15, -0.1) is 0 Å². The van der Waals surface area contributed by atoms with E-state index in [1.165, 1.54) is 0 Å². The van der Waals surface area contributed by atoms with Gasteiger partial charge in [-0.2, -0.15) is 15.5 Å². The Kier molecular flexibility index (Phi) is 7.25. The lowest BCUT2D eigenvalue weighted by atomic mass is 10.0. The van der Waals surface area contributed by atoms with Gasteiger partial charge in [0.2, 0.25) is 0 Å². The summed E-state index contributed by atoms with van der Waals surface area (Å²) < 4.78 is 5.34. The minimum atomic E-state index is 0.438. The number of H-pyrrole nitrogens is 1. The smallest absolute Gasteiger partial charge is 0.126 e. The Balaban J connectivity index is 0.00000136. The topological polar surface area (TPSA) is 85.0 Å². The predicted octanol–water partition coefficient (Wildman–Crippen LogP) is 5.87. The Labute approximate surface area is 169 Å². The van der Waals surface area contributed by atoms with Gasteiger partial charge >= 0.3 is 0 Å². The van der Waals surface area contributed by atoms with E-state index in [1.54, 1.807) is 37.6 Å². The lowest BCUT2D eigenvalue weighted by Crippen LogP contribution is -1.89. The van der Waals surface area contributed by atoms with E-state index >= 15 is 0 Å². The number of aromatic nitrogens is 1. The van der Waals surface area contributed by atoms with Crippen molar-refractivity contribution in [1.82, 2.24) is 4.98 Å². The van der Waals surface area contributed by atoms with Gasteiger partial charge in [0.25, 0.3) is 0 Å². The fourth-order valence-corrected chi connectivity index (χ4v) is 2.80. The molecule has 0 amide bonds. The highest BCUT2D eigenvalue weighted by Crippen LogP contribution is 2.31. The van der Waals surface area contributed by atoms with Crippen LogP contribution in [0, 0.1) is 22.7 Å². The molecule has 3 rings (SSSR count). The Morgan fingerprint density at radius 3 is 2.61 bits per heavy atom. The van der Waals surface area contributed by atoms with Gasteiger partial charge < -0.3 is 9.72 Å².